The van der Waals surface area contributed by atoms with Crippen molar-refractivity contribution in [2.24, 2.45) is 0 Å². The van der Waals surface area contributed by atoms with E-state index in [9.17, 15) is 17.2 Å². The molecule has 0 aliphatic heterocycles. The van der Waals surface area contributed by atoms with E-state index in [0.29, 0.717) is 5.69 Å². The molecule has 23 heavy (non-hydrogen) atoms. The minimum Gasteiger partial charge on any atom is -0.481 e. The molecular weight excluding hydrogens is 328 g/mol. The second-order valence-electron chi connectivity index (χ2n) is 4.49. The van der Waals surface area contributed by atoms with Crippen LogP contribution in [-0.2, 0) is 16.6 Å². The van der Waals surface area contributed by atoms with Crippen molar-refractivity contribution in [3.8, 4) is 5.88 Å². The Balaban J connectivity index is 2.24. The lowest BCUT2D eigenvalue weighted by Crippen LogP contribution is -2.20. The molecule has 0 fully saturated rings. The molecule has 0 unspecified atom stereocenters. The highest BCUT2D eigenvalue weighted by Crippen LogP contribution is 2.20. The number of methoxy groups -OCH3 is 1. The zero-order valence-corrected chi connectivity index (χ0v) is 13.2. The van der Waals surface area contributed by atoms with E-state index in [1.54, 1.807) is 0 Å². The Morgan fingerprint density at radius 2 is 1.87 bits per heavy atom. The zero-order chi connectivity index (χ0) is 17.0. The third-order valence-corrected chi connectivity index (χ3v) is 4.48. The van der Waals surface area contributed by atoms with E-state index in [-0.39, 0.29) is 18.1 Å². The summed E-state index contributed by atoms with van der Waals surface area (Å²) in [6.07, 6.45) is 0. The fourth-order valence-corrected chi connectivity index (χ4v) is 2.64. The highest BCUT2D eigenvalue weighted by Gasteiger charge is 2.17. The van der Waals surface area contributed by atoms with Gasteiger partial charge in [0, 0.05) is 11.8 Å². The number of rotatable bonds is 6. The van der Waals surface area contributed by atoms with E-state index in [1.165, 1.54) is 32.4 Å². The van der Waals surface area contributed by atoms with Crippen LogP contribution in [0.5, 0.6) is 5.88 Å². The van der Waals surface area contributed by atoms with Gasteiger partial charge in [-0.2, -0.15) is 0 Å². The Morgan fingerprint density at radius 1 is 1.17 bits per heavy atom. The van der Waals surface area contributed by atoms with Crippen LogP contribution in [0.2, 0.25) is 0 Å². The molecule has 0 saturated carbocycles. The second kappa shape index (κ2) is 6.88. The van der Waals surface area contributed by atoms with Crippen molar-refractivity contribution in [3.05, 3.63) is 47.7 Å². The van der Waals surface area contributed by atoms with Gasteiger partial charge in [-0.3, -0.25) is 0 Å². The molecule has 0 amide bonds. The van der Waals surface area contributed by atoms with Gasteiger partial charge < -0.3 is 10.1 Å². The third kappa shape index (κ3) is 3.93. The van der Waals surface area contributed by atoms with Crippen LogP contribution in [0.25, 0.3) is 0 Å². The Bertz CT molecular complexity index is 813. The molecule has 2 rings (SSSR count). The van der Waals surface area contributed by atoms with Crippen LogP contribution >= 0.6 is 0 Å². The first-order valence-electron chi connectivity index (χ1n) is 6.53. The van der Waals surface area contributed by atoms with Crippen molar-refractivity contribution < 1.29 is 21.9 Å². The summed E-state index contributed by atoms with van der Waals surface area (Å²) in [4.78, 5) is 3.45. The van der Waals surface area contributed by atoms with Crippen LogP contribution in [-0.4, -0.2) is 27.6 Å². The predicted octanol–water partition coefficient (Wildman–Crippen LogP) is 1.89. The maximum atomic E-state index is 13.7. The molecule has 124 valence electrons. The van der Waals surface area contributed by atoms with Crippen molar-refractivity contribution in [1.82, 2.24) is 9.71 Å². The summed E-state index contributed by atoms with van der Waals surface area (Å²) in [5.74, 6) is -1.17. The van der Waals surface area contributed by atoms with Gasteiger partial charge in [0.15, 0.2) is 0 Å². The molecule has 0 atom stereocenters. The molecule has 2 aromatic rings. The molecule has 0 saturated heterocycles. The summed E-state index contributed by atoms with van der Waals surface area (Å²) in [6, 6.07) is 6.09. The van der Waals surface area contributed by atoms with Crippen LogP contribution in [0.3, 0.4) is 0 Å². The average molecular weight is 343 g/mol. The first-order chi connectivity index (χ1) is 10.9. The molecule has 0 bridgehead atoms. The first kappa shape index (κ1) is 17.1. The number of hydrogen-bond acceptors (Lipinski definition) is 5. The van der Waals surface area contributed by atoms with E-state index >= 15 is 0 Å². The lowest BCUT2D eigenvalue weighted by molar-refractivity contribution is 0.393. The van der Waals surface area contributed by atoms with E-state index in [0.717, 1.165) is 12.1 Å². The van der Waals surface area contributed by atoms with Gasteiger partial charge in [-0.25, -0.2) is 26.9 Å². The quantitative estimate of drug-likeness (QED) is 0.837. The molecule has 0 aliphatic carbocycles. The van der Waals surface area contributed by atoms with Gasteiger partial charge in [-0.1, -0.05) is 0 Å². The fraction of sp³-hybridized carbons (Fsp3) is 0.214. The molecule has 0 aliphatic rings. The second-order valence-corrected chi connectivity index (χ2v) is 6.34. The monoisotopic (exact) mass is 343 g/mol. The SMILES string of the molecule is CNS(=O)(=O)c1cc(NCc2nc(OC)ccc2F)ccc1F. The van der Waals surface area contributed by atoms with Crippen LogP contribution in [0.1, 0.15) is 5.69 Å². The highest BCUT2D eigenvalue weighted by molar-refractivity contribution is 7.89. The summed E-state index contributed by atoms with van der Waals surface area (Å²) < 4.78 is 57.7. The van der Waals surface area contributed by atoms with E-state index < -0.39 is 26.6 Å². The number of nitrogens with one attached hydrogen (secondary N) is 2. The number of nitrogens with zero attached hydrogens (tertiary/aromatic N) is 1. The summed E-state index contributed by atoms with van der Waals surface area (Å²) in [5, 5.41) is 2.80. The minimum absolute atomic E-state index is 0.0201. The average Bonchev–Trinajstić information content (AvgIpc) is 2.55. The summed E-state index contributed by atoms with van der Waals surface area (Å²) in [6.45, 7) is -0.0201. The Kier molecular flexibility index (Phi) is 5.12. The number of ether oxygens (including phenoxy) is 1. The lowest BCUT2D eigenvalue weighted by Gasteiger charge is -2.10. The van der Waals surface area contributed by atoms with Gasteiger partial charge in [0.2, 0.25) is 15.9 Å². The first-order valence-corrected chi connectivity index (χ1v) is 8.02. The molecule has 1 heterocycles. The van der Waals surface area contributed by atoms with Crippen LogP contribution in [0, 0.1) is 11.6 Å². The predicted molar refractivity (Wildman–Crippen MR) is 80.7 cm³/mol. The van der Waals surface area contributed by atoms with Gasteiger partial charge in [-0.05, 0) is 31.3 Å². The zero-order valence-electron chi connectivity index (χ0n) is 12.4. The van der Waals surface area contributed by atoms with E-state index in [1.807, 2.05) is 4.72 Å². The lowest BCUT2D eigenvalue weighted by atomic mass is 10.3. The summed E-state index contributed by atoms with van der Waals surface area (Å²) in [5.41, 5.74) is 0.399. The molecule has 1 aromatic heterocycles. The number of halogens is 2. The van der Waals surface area contributed by atoms with E-state index in [2.05, 4.69) is 10.3 Å². The molecule has 0 radical (unpaired) electrons. The number of aromatic nitrogens is 1. The Morgan fingerprint density at radius 3 is 2.52 bits per heavy atom. The maximum Gasteiger partial charge on any atom is 0.243 e. The van der Waals surface area contributed by atoms with Crippen molar-refractivity contribution >= 4 is 15.7 Å². The normalized spacial score (nSPS) is 11.3. The number of benzene rings is 1. The standard InChI is InChI=1S/C14H15F2N3O3S/c1-17-23(20,21)13-7-9(3-4-11(13)16)18-8-12-10(15)5-6-14(19-12)22-2/h3-7,17-18H,8H2,1-2H3. The maximum absolute atomic E-state index is 13.7. The van der Waals surface area contributed by atoms with Gasteiger partial charge in [0.05, 0.1) is 19.3 Å². The largest absolute Gasteiger partial charge is 0.481 e. The van der Waals surface area contributed by atoms with E-state index in [4.69, 9.17) is 4.74 Å². The Labute approximate surface area is 132 Å². The summed E-state index contributed by atoms with van der Waals surface area (Å²) >= 11 is 0. The molecule has 2 N–H and O–H groups in total. The minimum atomic E-state index is -3.93. The van der Waals surface area contributed by atoms with Crippen molar-refractivity contribution in [1.29, 1.82) is 0 Å². The highest BCUT2D eigenvalue weighted by atomic mass is 32.2. The van der Waals surface area contributed by atoms with Crippen molar-refractivity contribution in [3.63, 3.8) is 0 Å². The third-order valence-electron chi connectivity index (χ3n) is 3.05. The van der Waals surface area contributed by atoms with Gasteiger partial charge in [0.1, 0.15) is 16.5 Å². The van der Waals surface area contributed by atoms with Crippen LogP contribution in [0.4, 0.5) is 14.5 Å². The van der Waals surface area contributed by atoms with Crippen molar-refractivity contribution in [2.75, 3.05) is 19.5 Å². The molecule has 9 heteroatoms. The number of pyridine rings is 1. The van der Waals surface area contributed by atoms with Gasteiger partial charge >= 0.3 is 0 Å². The molecular formula is C14H15F2N3O3S. The fourth-order valence-electron chi connectivity index (χ4n) is 1.82. The summed E-state index contributed by atoms with van der Waals surface area (Å²) in [7, 11) is -1.33. The topological polar surface area (TPSA) is 80.3 Å². The molecule has 0 spiro atoms. The number of hydrogen-bond donors (Lipinski definition) is 2. The van der Waals surface area contributed by atoms with Gasteiger partial charge in [-0.15, -0.1) is 0 Å². The number of sulfonamides is 1. The van der Waals surface area contributed by atoms with Crippen LogP contribution in [0.15, 0.2) is 35.2 Å². The van der Waals surface area contributed by atoms with Crippen molar-refractivity contribution in [2.45, 2.75) is 11.4 Å². The molecule has 1 aromatic carbocycles. The molecule has 6 nitrogen and oxygen atoms in total. The number of anilines is 1. The van der Waals surface area contributed by atoms with Gasteiger partial charge in [0.25, 0.3) is 0 Å². The Hall–Kier alpha value is -2.26. The smallest absolute Gasteiger partial charge is 0.243 e. The van der Waals surface area contributed by atoms with Crippen LogP contribution < -0.4 is 14.8 Å².